The number of aromatic nitrogens is 3. The summed E-state index contributed by atoms with van der Waals surface area (Å²) in [6.07, 6.45) is -3.71. The highest BCUT2D eigenvalue weighted by molar-refractivity contribution is 7.13. The van der Waals surface area contributed by atoms with E-state index in [2.05, 4.69) is 20.3 Å². The molecular formula is C19H19F3N4O2S. The van der Waals surface area contributed by atoms with E-state index < -0.39 is 12.8 Å². The Morgan fingerprint density at radius 3 is 2.86 bits per heavy atom. The largest absolute Gasteiger partial charge is 0.460 e. The first-order valence-electron chi connectivity index (χ1n) is 9.13. The molecule has 0 radical (unpaired) electrons. The van der Waals surface area contributed by atoms with Gasteiger partial charge in [0.1, 0.15) is 5.82 Å². The SMILES string of the molecule is Cc1nc(OCC(F)(F)F)sc1[C@@H](C)NC(=O)C1C[C@@H]1c1nc2ccccc2[nH]1. The molecule has 2 heterocycles. The van der Waals surface area contributed by atoms with Crippen molar-refractivity contribution in [3.8, 4) is 5.19 Å². The number of hydrogen-bond donors (Lipinski definition) is 2. The van der Waals surface area contributed by atoms with E-state index in [9.17, 15) is 18.0 Å². The molecule has 4 rings (SSSR count). The van der Waals surface area contributed by atoms with Gasteiger partial charge in [0.25, 0.3) is 5.19 Å². The van der Waals surface area contributed by atoms with Gasteiger partial charge in [-0.05, 0) is 32.4 Å². The maximum atomic E-state index is 12.6. The molecule has 154 valence electrons. The van der Waals surface area contributed by atoms with Crippen LogP contribution < -0.4 is 10.1 Å². The first-order valence-corrected chi connectivity index (χ1v) is 9.95. The number of thiazole rings is 1. The van der Waals surface area contributed by atoms with Gasteiger partial charge < -0.3 is 15.0 Å². The number of aryl methyl sites for hydroxylation is 1. The molecule has 6 nitrogen and oxygen atoms in total. The van der Waals surface area contributed by atoms with Crippen LogP contribution in [-0.4, -0.2) is 33.6 Å². The Hall–Kier alpha value is -2.62. The van der Waals surface area contributed by atoms with Crippen LogP contribution in [-0.2, 0) is 4.79 Å². The number of amides is 1. The molecule has 3 aromatic rings. The molecule has 0 bridgehead atoms. The number of halogens is 3. The fourth-order valence-corrected chi connectivity index (χ4v) is 4.23. The van der Waals surface area contributed by atoms with Gasteiger partial charge in [-0.15, -0.1) is 0 Å². The van der Waals surface area contributed by atoms with Crippen LogP contribution in [0.1, 0.15) is 41.7 Å². The third kappa shape index (κ3) is 4.36. The standard InChI is InChI=1S/C19H19F3N4O2S/c1-9(15-10(2)24-18(29-15)28-8-19(20,21)22)23-17(27)12-7-11(12)16-25-13-5-3-4-6-14(13)26-16/h3-6,9,11-12H,7-8H2,1-2H3,(H,23,27)(H,25,26)/t9-,11+,12?/m1/s1. The van der Waals surface area contributed by atoms with Gasteiger partial charge in [0.05, 0.1) is 27.6 Å². The Balaban J connectivity index is 1.37. The summed E-state index contributed by atoms with van der Waals surface area (Å²) in [6.45, 7) is 2.08. The number of para-hydroxylation sites is 2. The lowest BCUT2D eigenvalue weighted by Crippen LogP contribution is -2.28. The van der Waals surface area contributed by atoms with Crippen molar-refractivity contribution in [2.24, 2.45) is 5.92 Å². The molecule has 1 unspecified atom stereocenters. The van der Waals surface area contributed by atoms with E-state index in [1.807, 2.05) is 24.3 Å². The third-order valence-electron chi connectivity index (χ3n) is 4.81. The van der Waals surface area contributed by atoms with Crippen LogP contribution in [0.4, 0.5) is 13.2 Å². The molecule has 1 aliphatic rings. The van der Waals surface area contributed by atoms with E-state index in [1.165, 1.54) is 0 Å². The first kappa shape index (κ1) is 19.7. The monoisotopic (exact) mass is 424 g/mol. The lowest BCUT2D eigenvalue weighted by Gasteiger charge is -2.12. The van der Waals surface area contributed by atoms with E-state index in [0.29, 0.717) is 17.0 Å². The van der Waals surface area contributed by atoms with Gasteiger partial charge in [0, 0.05) is 11.8 Å². The number of alkyl halides is 3. The summed E-state index contributed by atoms with van der Waals surface area (Å²) in [5.41, 5.74) is 2.35. The molecule has 2 aromatic heterocycles. The predicted octanol–water partition coefficient (Wildman–Crippen LogP) is 4.25. The molecule has 1 fully saturated rings. The van der Waals surface area contributed by atoms with E-state index in [1.54, 1.807) is 13.8 Å². The number of aromatic amines is 1. The molecule has 1 aliphatic carbocycles. The van der Waals surface area contributed by atoms with Gasteiger partial charge in [-0.3, -0.25) is 4.79 Å². The molecule has 0 aliphatic heterocycles. The van der Waals surface area contributed by atoms with Crippen LogP contribution in [0.25, 0.3) is 11.0 Å². The number of H-pyrrole nitrogens is 1. The number of hydrogen-bond acceptors (Lipinski definition) is 5. The van der Waals surface area contributed by atoms with Crippen molar-refractivity contribution < 1.29 is 22.7 Å². The molecule has 0 saturated heterocycles. The maximum absolute atomic E-state index is 12.6. The normalized spacial score (nSPS) is 19.9. The summed E-state index contributed by atoms with van der Waals surface area (Å²) in [5.74, 6) is 0.569. The lowest BCUT2D eigenvalue weighted by atomic mass is 10.2. The quantitative estimate of drug-likeness (QED) is 0.620. The Labute approximate surface area is 168 Å². The van der Waals surface area contributed by atoms with E-state index in [4.69, 9.17) is 4.74 Å². The first-order chi connectivity index (χ1) is 13.7. The average Bonchev–Trinajstić information content (AvgIpc) is 3.19. The summed E-state index contributed by atoms with van der Waals surface area (Å²) in [5, 5.41) is 2.88. The fraction of sp³-hybridized carbons (Fsp3) is 0.421. The second-order valence-electron chi connectivity index (χ2n) is 7.15. The van der Waals surface area contributed by atoms with Crippen molar-refractivity contribution in [2.75, 3.05) is 6.61 Å². The van der Waals surface area contributed by atoms with Crippen molar-refractivity contribution >= 4 is 28.3 Å². The van der Waals surface area contributed by atoms with Crippen molar-refractivity contribution in [3.63, 3.8) is 0 Å². The number of imidazole rings is 1. The topological polar surface area (TPSA) is 79.9 Å². The Morgan fingerprint density at radius 1 is 1.38 bits per heavy atom. The summed E-state index contributed by atoms with van der Waals surface area (Å²) >= 11 is 1.02. The number of fused-ring (bicyclic) bond motifs is 1. The van der Waals surface area contributed by atoms with Gasteiger partial charge in [-0.25, -0.2) is 9.97 Å². The minimum Gasteiger partial charge on any atom is -0.460 e. The summed E-state index contributed by atoms with van der Waals surface area (Å²) in [7, 11) is 0. The lowest BCUT2D eigenvalue weighted by molar-refractivity contribution is -0.153. The van der Waals surface area contributed by atoms with Crippen molar-refractivity contribution in [3.05, 3.63) is 40.7 Å². The molecule has 1 aromatic carbocycles. The minimum atomic E-state index is -4.42. The van der Waals surface area contributed by atoms with Gasteiger partial charge in [-0.1, -0.05) is 23.5 Å². The van der Waals surface area contributed by atoms with Gasteiger partial charge in [0.2, 0.25) is 5.91 Å². The van der Waals surface area contributed by atoms with Gasteiger partial charge >= 0.3 is 6.18 Å². The molecule has 3 atom stereocenters. The number of carbonyl (C=O) groups excluding carboxylic acids is 1. The zero-order valence-corrected chi connectivity index (χ0v) is 16.5. The summed E-state index contributed by atoms with van der Waals surface area (Å²) in [4.78, 5) is 25.1. The maximum Gasteiger partial charge on any atom is 0.422 e. The van der Waals surface area contributed by atoms with Crippen LogP contribution in [0.5, 0.6) is 5.19 Å². The highest BCUT2D eigenvalue weighted by atomic mass is 32.1. The number of nitrogens with zero attached hydrogens (tertiary/aromatic N) is 2. The van der Waals surface area contributed by atoms with E-state index in [0.717, 1.165) is 28.2 Å². The van der Waals surface area contributed by atoms with Crippen LogP contribution in [0, 0.1) is 12.8 Å². The second-order valence-corrected chi connectivity index (χ2v) is 8.14. The minimum absolute atomic E-state index is 0.0443. The molecule has 1 amide bonds. The molecule has 0 spiro atoms. The van der Waals surface area contributed by atoms with Crippen LogP contribution >= 0.6 is 11.3 Å². The zero-order valence-electron chi connectivity index (χ0n) is 15.7. The predicted molar refractivity (Wildman–Crippen MR) is 102 cm³/mol. The average molecular weight is 424 g/mol. The smallest absolute Gasteiger partial charge is 0.422 e. The summed E-state index contributed by atoms with van der Waals surface area (Å²) < 4.78 is 41.6. The molecule has 10 heteroatoms. The highest BCUT2D eigenvalue weighted by Crippen LogP contribution is 2.47. The Kier molecular flexibility index (Phi) is 4.97. The Bertz CT molecular complexity index is 1010. The number of ether oxygens (including phenoxy) is 1. The molecule has 2 N–H and O–H groups in total. The number of carbonyl (C=O) groups is 1. The van der Waals surface area contributed by atoms with Crippen LogP contribution in [0.15, 0.2) is 24.3 Å². The van der Waals surface area contributed by atoms with Gasteiger partial charge in [-0.2, -0.15) is 13.2 Å². The van der Waals surface area contributed by atoms with Crippen molar-refractivity contribution in [1.82, 2.24) is 20.3 Å². The van der Waals surface area contributed by atoms with E-state index in [-0.39, 0.29) is 29.0 Å². The molecule has 29 heavy (non-hydrogen) atoms. The Morgan fingerprint density at radius 2 is 2.14 bits per heavy atom. The molecule has 1 saturated carbocycles. The fourth-order valence-electron chi connectivity index (χ4n) is 3.31. The zero-order chi connectivity index (χ0) is 20.8. The molecular weight excluding hydrogens is 405 g/mol. The van der Waals surface area contributed by atoms with Crippen LogP contribution in [0.3, 0.4) is 0 Å². The third-order valence-corrected chi connectivity index (χ3v) is 6.06. The number of rotatable bonds is 6. The summed E-state index contributed by atoms with van der Waals surface area (Å²) in [6, 6.07) is 7.32. The number of benzene rings is 1. The van der Waals surface area contributed by atoms with Crippen LogP contribution in [0.2, 0.25) is 0 Å². The van der Waals surface area contributed by atoms with E-state index >= 15 is 0 Å². The van der Waals surface area contributed by atoms with Crippen molar-refractivity contribution in [1.29, 1.82) is 0 Å². The second kappa shape index (κ2) is 7.33. The highest BCUT2D eigenvalue weighted by Gasteiger charge is 2.46. The number of nitrogens with one attached hydrogen (secondary N) is 2. The van der Waals surface area contributed by atoms with Gasteiger partial charge in [0.15, 0.2) is 6.61 Å². The van der Waals surface area contributed by atoms with Crippen molar-refractivity contribution in [2.45, 2.75) is 38.4 Å².